The fourth-order valence-corrected chi connectivity index (χ4v) is 3.37. The van der Waals surface area contributed by atoms with Crippen molar-refractivity contribution in [3.8, 4) is 5.75 Å². The van der Waals surface area contributed by atoms with E-state index in [9.17, 15) is 14.7 Å². The summed E-state index contributed by atoms with van der Waals surface area (Å²) in [5, 5.41) is 10.8. The molecule has 2 aromatic carbocycles. The minimum absolute atomic E-state index is 0.0304. The van der Waals surface area contributed by atoms with Crippen LogP contribution in [0.4, 0.5) is 0 Å². The van der Waals surface area contributed by atoms with Crippen LogP contribution in [0.15, 0.2) is 42.5 Å². The van der Waals surface area contributed by atoms with E-state index in [1.165, 1.54) is 0 Å². The summed E-state index contributed by atoms with van der Waals surface area (Å²) < 4.78 is 5.38. The quantitative estimate of drug-likeness (QED) is 0.295. The number of hydrogen-bond donors (Lipinski definition) is 1. The Labute approximate surface area is 179 Å². The summed E-state index contributed by atoms with van der Waals surface area (Å²) >= 11 is 0. The van der Waals surface area contributed by atoms with Gasteiger partial charge in [0.1, 0.15) is 5.75 Å². The predicted molar refractivity (Wildman–Crippen MR) is 119 cm³/mol. The summed E-state index contributed by atoms with van der Waals surface area (Å²) in [5.41, 5.74) is 1.36. The number of aromatic hydroxyl groups is 1. The number of para-hydroxylation sites is 1. The molecule has 30 heavy (non-hydrogen) atoms. The van der Waals surface area contributed by atoms with Gasteiger partial charge >= 0.3 is 5.97 Å². The molecule has 2 rings (SSSR count). The van der Waals surface area contributed by atoms with Crippen molar-refractivity contribution in [2.75, 3.05) is 19.7 Å². The van der Waals surface area contributed by atoms with Crippen LogP contribution in [0, 0.1) is 0 Å². The fraction of sp³-hybridized carbons (Fsp3) is 0.440. The summed E-state index contributed by atoms with van der Waals surface area (Å²) in [6, 6.07) is 11.8. The van der Waals surface area contributed by atoms with Crippen LogP contribution in [0.2, 0.25) is 0 Å². The van der Waals surface area contributed by atoms with Gasteiger partial charge < -0.3 is 9.84 Å². The van der Waals surface area contributed by atoms with Gasteiger partial charge in [-0.15, -0.1) is 0 Å². The number of carbonyl (C=O) groups is 2. The topological polar surface area (TPSA) is 66.8 Å². The van der Waals surface area contributed by atoms with Crippen LogP contribution in [-0.4, -0.2) is 41.5 Å². The van der Waals surface area contributed by atoms with Gasteiger partial charge in [-0.2, -0.15) is 0 Å². The number of phenolic OH excluding ortho intramolecular Hbond substituents is 1. The largest absolute Gasteiger partial charge is 0.507 e. The first kappa shape index (κ1) is 23.6. The van der Waals surface area contributed by atoms with E-state index in [-0.39, 0.29) is 28.2 Å². The SMILES string of the molecule is CCCCCCOC(=O)c1ccccc1C(=O)c1cccc(CN(CC)CC)c1O. The number of hydrogen-bond acceptors (Lipinski definition) is 5. The first-order valence-corrected chi connectivity index (χ1v) is 10.9. The highest BCUT2D eigenvalue weighted by molar-refractivity contribution is 6.15. The first-order chi connectivity index (χ1) is 14.5. The Morgan fingerprint density at radius 2 is 1.53 bits per heavy atom. The molecule has 0 bridgehead atoms. The second kappa shape index (κ2) is 12.1. The van der Waals surface area contributed by atoms with E-state index in [1.54, 1.807) is 36.4 Å². The number of benzene rings is 2. The lowest BCUT2D eigenvalue weighted by Gasteiger charge is -2.19. The van der Waals surface area contributed by atoms with Gasteiger partial charge in [-0.25, -0.2) is 4.79 Å². The molecular weight excluding hydrogens is 378 g/mol. The number of phenols is 1. The monoisotopic (exact) mass is 411 g/mol. The molecule has 0 aliphatic rings. The molecule has 0 amide bonds. The van der Waals surface area contributed by atoms with Gasteiger partial charge in [-0.3, -0.25) is 9.69 Å². The maximum Gasteiger partial charge on any atom is 0.338 e. The zero-order valence-corrected chi connectivity index (χ0v) is 18.3. The number of esters is 1. The Balaban J connectivity index is 2.22. The number of nitrogens with zero attached hydrogens (tertiary/aromatic N) is 1. The van der Waals surface area contributed by atoms with Crippen molar-refractivity contribution >= 4 is 11.8 Å². The molecule has 0 aromatic heterocycles. The molecule has 0 heterocycles. The predicted octanol–water partition coefficient (Wildman–Crippen LogP) is 5.20. The molecule has 0 saturated heterocycles. The molecule has 0 atom stereocenters. The molecule has 2 aromatic rings. The maximum absolute atomic E-state index is 13.2. The van der Waals surface area contributed by atoms with Gasteiger partial charge in [0.25, 0.3) is 0 Å². The van der Waals surface area contributed by atoms with Crippen LogP contribution in [0.1, 0.15) is 78.3 Å². The Kier molecular flexibility index (Phi) is 9.55. The Bertz CT molecular complexity index is 843. The average molecular weight is 412 g/mol. The van der Waals surface area contributed by atoms with Crippen molar-refractivity contribution in [3.63, 3.8) is 0 Å². The van der Waals surface area contributed by atoms with Gasteiger partial charge in [0, 0.05) is 17.7 Å². The molecule has 1 N–H and O–H groups in total. The summed E-state index contributed by atoms with van der Waals surface area (Å²) in [5.74, 6) is -0.918. The molecule has 0 aliphatic heterocycles. The highest BCUT2D eigenvalue weighted by atomic mass is 16.5. The third-order valence-electron chi connectivity index (χ3n) is 5.28. The number of ketones is 1. The standard InChI is InChI=1S/C25H33NO4/c1-4-7-8-11-17-30-25(29)21-15-10-9-14-20(21)24(28)22-16-12-13-19(23(22)27)18-26(5-2)6-3/h9-10,12-16,27H,4-8,11,17-18H2,1-3H3. The van der Waals surface area contributed by atoms with Crippen molar-refractivity contribution in [1.29, 1.82) is 0 Å². The Hall–Kier alpha value is -2.66. The summed E-state index contributed by atoms with van der Waals surface area (Å²) in [4.78, 5) is 27.9. The molecule has 0 fully saturated rings. The Morgan fingerprint density at radius 3 is 2.20 bits per heavy atom. The van der Waals surface area contributed by atoms with Crippen LogP contribution in [0.3, 0.4) is 0 Å². The summed E-state index contributed by atoms with van der Waals surface area (Å²) in [6.07, 6.45) is 4.04. The van der Waals surface area contributed by atoms with Crippen molar-refractivity contribution < 1.29 is 19.4 Å². The molecule has 0 saturated carbocycles. The molecule has 5 nitrogen and oxygen atoms in total. The maximum atomic E-state index is 13.2. The highest BCUT2D eigenvalue weighted by Gasteiger charge is 2.22. The molecule has 0 aliphatic carbocycles. The van der Waals surface area contributed by atoms with Crippen molar-refractivity contribution in [3.05, 3.63) is 64.7 Å². The lowest BCUT2D eigenvalue weighted by Crippen LogP contribution is -2.22. The van der Waals surface area contributed by atoms with Crippen LogP contribution in [0.5, 0.6) is 5.75 Å². The molecule has 0 unspecified atom stereocenters. The normalized spacial score (nSPS) is 10.9. The summed E-state index contributed by atoms with van der Waals surface area (Å²) in [7, 11) is 0. The third kappa shape index (κ3) is 6.17. The summed E-state index contributed by atoms with van der Waals surface area (Å²) in [6.45, 7) is 8.83. The van der Waals surface area contributed by atoms with Gasteiger partial charge in [-0.05, 0) is 31.6 Å². The van der Waals surface area contributed by atoms with Gasteiger partial charge in [0.2, 0.25) is 0 Å². The highest BCUT2D eigenvalue weighted by Crippen LogP contribution is 2.27. The first-order valence-electron chi connectivity index (χ1n) is 10.9. The lowest BCUT2D eigenvalue weighted by atomic mass is 9.96. The molecule has 0 spiro atoms. The number of rotatable bonds is 12. The van der Waals surface area contributed by atoms with E-state index in [0.29, 0.717) is 18.7 Å². The lowest BCUT2D eigenvalue weighted by molar-refractivity contribution is 0.0495. The van der Waals surface area contributed by atoms with E-state index < -0.39 is 5.97 Å². The zero-order valence-electron chi connectivity index (χ0n) is 18.3. The van der Waals surface area contributed by atoms with Crippen LogP contribution < -0.4 is 0 Å². The smallest absolute Gasteiger partial charge is 0.338 e. The number of unbranched alkanes of at least 4 members (excludes halogenated alkanes) is 3. The second-order valence-corrected chi connectivity index (χ2v) is 7.35. The second-order valence-electron chi connectivity index (χ2n) is 7.35. The van der Waals surface area contributed by atoms with E-state index in [4.69, 9.17) is 4.74 Å². The number of carbonyl (C=O) groups excluding carboxylic acids is 2. The zero-order chi connectivity index (χ0) is 21.9. The molecule has 162 valence electrons. The van der Waals surface area contributed by atoms with Gasteiger partial charge in [0.05, 0.1) is 17.7 Å². The van der Waals surface area contributed by atoms with Crippen molar-refractivity contribution in [1.82, 2.24) is 4.90 Å². The number of ether oxygens (including phenoxy) is 1. The van der Waals surface area contributed by atoms with E-state index >= 15 is 0 Å². The average Bonchev–Trinajstić information content (AvgIpc) is 2.77. The van der Waals surface area contributed by atoms with Crippen LogP contribution in [-0.2, 0) is 11.3 Å². The van der Waals surface area contributed by atoms with Crippen molar-refractivity contribution in [2.45, 2.75) is 53.0 Å². The van der Waals surface area contributed by atoms with E-state index in [2.05, 4.69) is 25.7 Å². The third-order valence-corrected chi connectivity index (χ3v) is 5.28. The fourth-order valence-electron chi connectivity index (χ4n) is 3.37. The van der Waals surface area contributed by atoms with Crippen LogP contribution >= 0.6 is 0 Å². The minimum atomic E-state index is -0.505. The molecule has 0 radical (unpaired) electrons. The van der Waals surface area contributed by atoms with Gasteiger partial charge in [-0.1, -0.05) is 70.4 Å². The van der Waals surface area contributed by atoms with Crippen molar-refractivity contribution in [2.24, 2.45) is 0 Å². The minimum Gasteiger partial charge on any atom is -0.507 e. The van der Waals surface area contributed by atoms with Crippen LogP contribution in [0.25, 0.3) is 0 Å². The molecular formula is C25H33NO4. The Morgan fingerprint density at radius 1 is 0.867 bits per heavy atom. The van der Waals surface area contributed by atoms with Gasteiger partial charge in [0.15, 0.2) is 5.78 Å². The molecule has 5 heteroatoms. The van der Waals surface area contributed by atoms with E-state index in [0.717, 1.165) is 38.8 Å². The van der Waals surface area contributed by atoms with E-state index in [1.807, 2.05) is 6.07 Å².